The number of likely N-dealkylation sites (tertiary alicyclic amines) is 1. The van der Waals surface area contributed by atoms with Gasteiger partial charge in [0, 0.05) is 31.8 Å². The molecule has 2 aliphatic rings. The maximum absolute atomic E-state index is 14.2. The summed E-state index contributed by atoms with van der Waals surface area (Å²) >= 11 is 8.37. The summed E-state index contributed by atoms with van der Waals surface area (Å²) in [6.45, 7) is 9.75. The molecule has 5 rings (SSSR count). The Morgan fingerprint density at radius 3 is 2.39 bits per heavy atom. The number of β-amino-alcohol motifs (C(OH)–C–C–N with tert-alkyl or cyclic N) is 1. The molecule has 304 valence electrons. The second-order valence-electron chi connectivity index (χ2n) is 16.5. The fourth-order valence-electron chi connectivity index (χ4n) is 7.74. The summed E-state index contributed by atoms with van der Waals surface area (Å²) in [4.78, 5) is 59.4. The first-order valence-electron chi connectivity index (χ1n) is 19.6. The highest BCUT2D eigenvalue weighted by Gasteiger charge is 2.45. The third kappa shape index (κ3) is 11.1. The molecule has 1 saturated heterocycles. The molecular weight excluding hydrogens is 752 g/mol. The van der Waals surface area contributed by atoms with Crippen LogP contribution in [0.2, 0.25) is 5.02 Å². The number of primary amides is 1. The van der Waals surface area contributed by atoms with E-state index in [-0.39, 0.29) is 74.1 Å². The predicted octanol–water partition coefficient (Wildman–Crippen LogP) is 5.78. The number of aliphatic hydroxyl groups excluding tert-OH is 1. The maximum atomic E-state index is 14.2. The average molecular weight is 809 g/mol. The van der Waals surface area contributed by atoms with Gasteiger partial charge in [0.25, 0.3) is 0 Å². The average Bonchev–Trinajstić information content (AvgIpc) is 3.77. The molecule has 0 bridgehead atoms. The van der Waals surface area contributed by atoms with Gasteiger partial charge >= 0.3 is 0 Å². The number of aryl methyl sites for hydroxylation is 1. The van der Waals surface area contributed by atoms with Crippen LogP contribution in [0.25, 0.3) is 10.4 Å². The minimum atomic E-state index is -0.891. The van der Waals surface area contributed by atoms with Crippen LogP contribution in [0.1, 0.15) is 108 Å². The molecule has 0 radical (unpaired) electrons. The van der Waals surface area contributed by atoms with Crippen LogP contribution in [0.4, 0.5) is 0 Å². The molecule has 3 aromatic rings. The van der Waals surface area contributed by atoms with Crippen molar-refractivity contribution in [1.29, 1.82) is 0 Å². The molecule has 2 fully saturated rings. The molecule has 14 heteroatoms. The van der Waals surface area contributed by atoms with Crippen molar-refractivity contribution in [2.24, 2.45) is 22.8 Å². The van der Waals surface area contributed by atoms with E-state index in [4.69, 9.17) is 27.8 Å². The maximum Gasteiger partial charge on any atom is 0.246 e. The first-order chi connectivity index (χ1) is 26.5. The summed E-state index contributed by atoms with van der Waals surface area (Å²) in [7, 11) is 0. The zero-order valence-corrected chi connectivity index (χ0v) is 34.6. The fourth-order valence-corrected chi connectivity index (χ4v) is 8.88. The summed E-state index contributed by atoms with van der Waals surface area (Å²) in [5, 5.41) is 17.3. The normalized spacial score (nSPS) is 21.5. The van der Waals surface area contributed by atoms with Gasteiger partial charge in [0.2, 0.25) is 23.6 Å². The molecule has 2 heterocycles. The summed E-state index contributed by atoms with van der Waals surface area (Å²) in [5.74, 6) is -0.453. The highest BCUT2D eigenvalue weighted by atomic mass is 35.5. The first kappa shape index (κ1) is 43.1. The number of rotatable bonds is 15. The molecule has 4 amide bonds. The van der Waals surface area contributed by atoms with Crippen molar-refractivity contribution < 1.29 is 29.0 Å². The molecule has 1 aliphatic carbocycles. The van der Waals surface area contributed by atoms with Gasteiger partial charge in [-0.1, -0.05) is 68.8 Å². The van der Waals surface area contributed by atoms with E-state index in [1.807, 2.05) is 76.5 Å². The number of aliphatic hydroxyl groups is 1. The smallest absolute Gasteiger partial charge is 0.246 e. The number of amides is 4. The van der Waals surface area contributed by atoms with Crippen LogP contribution in [0.3, 0.4) is 0 Å². The van der Waals surface area contributed by atoms with Gasteiger partial charge in [0.1, 0.15) is 24.4 Å². The number of aromatic nitrogens is 1. The largest absolute Gasteiger partial charge is 0.490 e. The number of carbonyl (C=O) groups is 4. The van der Waals surface area contributed by atoms with Gasteiger partial charge in [-0.3, -0.25) is 19.2 Å². The van der Waals surface area contributed by atoms with Crippen molar-refractivity contribution in [2.45, 2.75) is 122 Å². The molecule has 1 aromatic heterocycles. The minimum absolute atomic E-state index is 0.0115. The van der Waals surface area contributed by atoms with E-state index in [2.05, 4.69) is 15.6 Å². The Bertz CT molecular complexity index is 1840. The fraction of sp³-hybridized carbons (Fsp3) is 0.548. The number of hydrogen-bond acceptors (Lipinski definition) is 9. The van der Waals surface area contributed by atoms with Crippen molar-refractivity contribution in [3.8, 4) is 16.2 Å². The van der Waals surface area contributed by atoms with E-state index in [1.54, 1.807) is 17.4 Å². The van der Waals surface area contributed by atoms with Gasteiger partial charge in [0.05, 0.1) is 33.3 Å². The highest BCUT2D eigenvalue weighted by Crippen LogP contribution is 2.42. The molecule has 7 N–H and O–H groups in total. The number of nitrogens with one attached hydrogen (secondary N) is 2. The van der Waals surface area contributed by atoms with Gasteiger partial charge in [-0.05, 0) is 86.0 Å². The molecule has 12 nitrogen and oxygen atoms in total. The number of ether oxygens (including phenoxy) is 1. The quantitative estimate of drug-likeness (QED) is 0.128. The summed E-state index contributed by atoms with van der Waals surface area (Å²) < 4.78 is 5.90. The van der Waals surface area contributed by atoms with Crippen LogP contribution in [-0.4, -0.2) is 76.0 Å². The molecule has 2 aromatic carbocycles. The van der Waals surface area contributed by atoms with Gasteiger partial charge in [-0.2, -0.15) is 0 Å². The molecule has 1 saturated carbocycles. The van der Waals surface area contributed by atoms with Crippen LogP contribution < -0.4 is 26.8 Å². The lowest BCUT2D eigenvalue weighted by Gasteiger charge is -2.36. The summed E-state index contributed by atoms with van der Waals surface area (Å²) in [5.41, 5.74) is 16.4. The zero-order chi connectivity index (χ0) is 40.7. The predicted molar refractivity (Wildman–Crippen MR) is 219 cm³/mol. The van der Waals surface area contributed by atoms with Crippen molar-refractivity contribution in [2.75, 3.05) is 13.2 Å². The zero-order valence-electron chi connectivity index (χ0n) is 33.1. The Labute approximate surface area is 339 Å². The van der Waals surface area contributed by atoms with Crippen LogP contribution in [-0.2, 0) is 19.2 Å². The number of halogens is 1. The Balaban J connectivity index is 1.15. The standard InChI is InChI=1S/C42H57ClN6O6S/c1-24(27-13-15-29(16-14-27)38-25(2)46-23-56-38)47-40(53)33-20-31(50)21-49(33)41(54)39(42(3,4)5)48-36(52)19-26-9-11-28(12-10-26)32-7-6-8-34(37(32)43)55-22-30(44)17-18-35(45)51/h6-8,13-16,23-24,26,28,30-31,33,39,50H,9-12,17-22,44H2,1-5H3,(H2,45,51)(H,47,53)(H,48,52)/t24?,26?,28?,30?,31-,33+,39?/m1/s1. The van der Waals surface area contributed by atoms with E-state index in [1.165, 1.54) is 4.90 Å². The molecular formula is C42H57ClN6O6S. The van der Waals surface area contributed by atoms with Gasteiger partial charge in [-0.25, -0.2) is 4.98 Å². The van der Waals surface area contributed by atoms with E-state index in [0.29, 0.717) is 17.2 Å². The Hall–Kier alpha value is -4.04. The molecule has 0 spiro atoms. The van der Waals surface area contributed by atoms with E-state index < -0.39 is 29.5 Å². The van der Waals surface area contributed by atoms with Crippen molar-refractivity contribution in [3.63, 3.8) is 0 Å². The van der Waals surface area contributed by atoms with Crippen LogP contribution >= 0.6 is 22.9 Å². The molecule has 56 heavy (non-hydrogen) atoms. The van der Waals surface area contributed by atoms with Gasteiger partial charge < -0.3 is 36.8 Å². The lowest BCUT2D eigenvalue weighted by atomic mass is 9.77. The van der Waals surface area contributed by atoms with Crippen molar-refractivity contribution in [3.05, 3.63) is 69.8 Å². The number of nitrogens with zero attached hydrogens (tertiary/aromatic N) is 2. The van der Waals surface area contributed by atoms with Crippen LogP contribution in [0.15, 0.2) is 48.0 Å². The highest BCUT2D eigenvalue weighted by molar-refractivity contribution is 7.13. The second-order valence-corrected chi connectivity index (χ2v) is 17.8. The number of thiazole rings is 1. The van der Waals surface area contributed by atoms with Gasteiger partial charge in [0.15, 0.2) is 0 Å². The van der Waals surface area contributed by atoms with Crippen molar-refractivity contribution in [1.82, 2.24) is 20.5 Å². The molecule has 3 unspecified atom stereocenters. The van der Waals surface area contributed by atoms with Crippen molar-refractivity contribution >= 4 is 46.6 Å². The summed E-state index contributed by atoms with van der Waals surface area (Å²) in [6.07, 6.45) is 3.48. The van der Waals surface area contributed by atoms with E-state index in [9.17, 15) is 24.3 Å². The third-order valence-corrected chi connectivity index (χ3v) is 12.4. The second kappa shape index (κ2) is 18.9. The topological polar surface area (TPSA) is 190 Å². The van der Waals surface area contributed by atoms with E-state index >= 15 is 0 Å². The van der Waals surface area contributed by atoms with Crippen LogP contribution in [0.5, 0.6) is 5.75 Å². The number of nitrogens with two attached hydrogens (primary N) is 2. The van der Waals surface area contributed by atoms with Crippen LogP contribution in [0, 0.1) is 18.3 Å². The SMILES string of the molecule is Cc1ncsc1-c1ccc(C(C)NC(=O)[C@@H]2C[C@@H](O)CN2C(=O)C(NC(=O)CC2CCC(c3cccc(OCC(N)CCC(N)=O)c3Cl)CC2)C(C)(C)C)cc1. The Kier molecular flexibility index (Phi) is 14.6. The first-order valence-corrected chi connectivity index (χ1v) is 20.8. The monoisotopic (exact) mass is 808 g/mol. The third-order valence-electron chi connectivity index (χ3n) is 11.0. The number of carbonyl (C=O) groups excluding carboxylic acids is 4. The number of hydrogen-bond donors (Lipinski definition) is 5. The number of benzene rings is 2. The lowest BCUT2D eigenvalue weighted by Crippen LogP contribution is -2.58. The summed E-state index contributed by atoms with van der Waals surface area (Å²) in [6, 6.07) is 11.3. The lowest BCUT2D eigenvalue weighted by molar-refractivity contribution is -0.144. The Morgan fingerprint density at radius 2 is 1.77 bits per heavy atom. The van der Waals surface area contributed by atoms with Gasteiger partial charge in [-0.15, -0.1) is 11.3 Å². The Morgan fingerprint density at radius 1 is 1.07 bits per heavy atom. The minimum Gasteiger partial charge on any atom is -0.490 e. The molecule has 5 atom stereocenters. The van der Waals surface area contributed by atoms with E-state index in [0.717, 1.165) is 52.9 Å². The molecule has 1 aliphatic heterocycles.